The molecular weight excluding hydrogens is 216 g/mol. The van der Waals surface area contributed by atoms with Gasteiger partial charge in [0.25, 0.3) is 0 Å². The summed E-state index contributed by atoms with van der Waals surface area (Å²) in [6.45, 7) is 0. The Morgan fingerprint density at radius 1 is 1.00 bits per heavy atom. The molecular formula is C13H12N2O2. The van der Waals surface area contributed by atoms with Gasteiger partial charge in [-0.15, -0.1) is 0 Å². The summed E-state index contributed by atoms with van der Waals surface area (Å²) in [5.74, 6) is -0.441. The molecule has 0 aromatic heterocycles. The van der Waals surface area contributed by atoms with E-state index < -0.39 is 0 Å². The molecule has 4 atom stereocenters. The largest absolute Gasteiger partial charge is 0.301 e. The number of carbonyl (C=O) groups excluding carboxylic acids is 2. The van der Waals surface area contributed by atoms with E-state index in [9.17, 15) is 9.59 Å². The van der Waals surface area contributed by atoms with E-state index in [2.05, 4.69) is 17.4 Å². The Balaban J connectivity index is 1.90. The van der Waals surface area contributed by atoms with Crippen LogP contribution in [0.3, 0.4) is 0 Å². The first-order valence-corrected chi connectivity index (χ1v) is 5.86. The van der Waals surface area contributed by atoms with Gasteiger partial charge in [-0.05, 0) is 11.1 Å². The van der Waals surface area contributed by atoms with Gasteiger partial charge in [-0.2, -0.15) is 0 Å². The van der Waals surface area contributed by atoms with Crippen LogP contribution in [0, 0.1) is 11.8 Å². The number of rotatable bonds is 0. The summed E-state index contributed by atoms with van der Waals surface area (Å²) in [5.41, 5.74) is 2.38. The SMILES string of the molecule is CN1C(=O)[C@@H]2[C@H](C1=O)[C@@H]1N[C@H]2c2ccccc21. The molecule has 17 heavy (non-hydrogen) atoms. The summed E-state index contributed by atoms with van der Waals surface area (Å²) in [7, 11) is 1.59. The molecule has 0 radical (unpaired) electrons. The van der Waals surface area contributed by atoms with Crippen LogP contribution in [0.15, 0.2) is 24.3 Å². The quantitative estimate of drug-likeness (QED) is 0.662. The molecule has 3 heterocycles. The first-order chi connectivity index (χ1) is 8.20. The third-order valence-electron chi connectivity index (χ3n) is 4.36. The minimum absolute atomic E-state index is 0.0302. The van der Waals surface area contributed by atoms with Gasteiger partial charge in [0.05, 0.1) is 11.8 Å². The molecule has 4 rings (SSSR count). The molecule has 2 fully saturated rings. The predicted molar refractivity (Wildman–Crippen MR) is 59.8 cm³/mol. The van der Waals surface area contributed by atoms with Gasteiger partial charge in [-0.3, -0.25) is 14.5 Å². The van der Waals surface area contributed by atoms with Crippen molar-refractivity contribution in [3.05, 3.63) is 35.4 Å². The van der Waals surface area contributed by atoms with Gasteiger partial charge < -0.3 is 5.32 Å². The highest BCUT2D eigenvalue weighted by Crippen LogP contribution is 2.55. The molecule has 86 valence electrons. The fourth-order valence-electron chi connectivity index (χ4n) is 3.61. The van der Waals surface area contributed by atoms with Gasteiger partial charge in [0.15, 0.2) is 0 Å². The van der Waals surface area contributed by atoms with E-state index in [-0.39, 0.29) is 35.7 Å². The first kappa shape index (κ1) is 9.36. The van der Waals surface area contributed by atoms with Gasteiger partial charge in [-0.1, -0.05) is 24.3 Å². The number of hydrogen-bond acceptors (Lipinski definition) is 3. The number of imide groups is 1. The summed E-state index contributed by atoms with van der Waals surface area (Å²) < 4.78 is 0. The molecule has 2 saturated heterocycles. The lowest BCUT2D eigenvalue weighted by Gasteiger charge is -2.21. The number of benzene rings is 1. The first-order valence-electron chi connectivity index (χ1n) is 5.86. The van der Waals surface area contributed by atoms with Crippen molar-refractivity contribution < 1.29 is 9.59 Å². The summed E-state index contributed by atoms with van der Waals surface area (Å²) in [4.78, 5) is 25.4. The van der Waals surface area contributed by atoms with Crippen LogP contribution in [0.25, 0.3) is 0 Å². The lowest BCUT2D eigenvalue weighted by atomic mass is 9.77. The number of amides is 2. The molecule has 0 aliphatic carbocycles. The predicted octanol–water partition coefficient (Wildman–Crippen LogP) is 0.617. The van der Waals surface area contributed by atoms with Crippen molar-refractivity contribution in [1.82, 2.24) is 10.2 Å². The zero-order chi connectivity index (χ0) is 11.7. The van der Waals surface area contributed by atoms with Crippen LogP contribution in [0.2, 0.25) is 0 Å². The van der Waals surface area contributed by atoms with Gasteiger partial charge in [0.2, 0.25) is 11.8 Å². The lowest BCUT2D eigenvalue weighted by molar-refractivity contribution is -0.138. The summed E-state index contributed by atoms with van der Waals surface area (Å²) in [5, 5.41) is 3.41. The summed E-state index contributed by atoms with van der Waals surface area (Å²) in [6.07, 6.45) is 0. The average molecular weight is 228 g/mol. The second-order valence-electron chi connectivity index (χ2n) is 5.04. The van der Waals surface area contributed by atoms with Crippen molar-refractivity contribution in [3.8, 4) is 0 Å². The second kappa shape index (κ2) is 2.76. The third kappa shape index (κ3) is 0.894. The standard InChI is InChI=1S/C13H12N2O2/c1-15-12(16)8-9(13(15)17)11-7-5-3-2-4-6(7)10(8)14-11/h2-5,8-11,14H,1H3/t8-,9+,10+,11-. The Morgan fingerprint density at radius 3 is 1.94 bits per heavy atom. The van der Waals surface area contributed by atoms with Gasteiger partial charge >= 0.3 is 0 Å². The Labute approximate surface area is 98.6 Å². The van der Waals surface area contributed by atoms with Crippen molar-refractivity contribution in [1.29, 1.82) is 0 Å². The summed E-state index contributed by atoms with van der Waals surface area (Å²) >= 11 is 0. The number of fused-ring (bicyclic) bond motifs is 8. The molecule has 3 aliphatic rings. The Hall–Kier alpha value is -1.68. The fourth-order valence-corrected chi connectivity index (χ4v) is 3.61. The Bertz CT molecular complexity index is 507. The highest BCUT2D eigenvalue weighted by Gasteiger charge is 2.62. The molecule has 1 aromatic rings. The number of carbonyl (C=O) groups is 2. The molecule has 2 amide bonds. The molecule has 0 unspecified atom stereocenters. The van der Waals surface area contributed by atoms with Crippen LogP contribution in [-0.2, 0) is 9.59 Å². The van der Waals surface area contributed by atoms with Gasteiger partial charge in [0, 0.05) is 19.1 Å². The number of likely N-dealkylation sites (tertiary alicyclic amines) is 1. The number of hydrogen-bond donors (Lipinski definition) is 1. The van der Waals surface area contributed by atoms with Gasteiger partial charge in [-0.25, -0.2) is 0 Å². The normalized spacial score (nSPS) is 37.6. The van der Waals surface area contributed by atoms with E-state index >= 15 is 0 Å². The minimum Gasteiger partial charge on any atom is -0.301 e. The molecule has 3 aliphatic heterocycles. The molecule has 2 bridgehead atoms. The summed E-state index contributed by atoms with van der Waals surface area (Å²) in [6, 6.07) is 8.14. The molecule has 1 N–H and O–H groups in total. The Kier molecular flexibility index (Phi) is 1.52. The van der Waals surface area contributed by atoms with Crippen molar-refractivity contribution in [2.75, 3.05) is 7.05 Å². The monoisotopic (exact) mass is 228 g/mol. The topological polar surface area (TPSA) is 49.4 Å². The van der Waals surface area contributed by atoms with Crippen molar-refractivity contribution in [3.63, 3.8) is 0 Å². The van der Waals surface area contributed by atoms with Crippen LogP contribution in [-0.4, -0.2) is 23.8 Å². The second-order valence-corrected chi connectivity index (χ2v) is 5.04. The van der Waals surface area contributed by atoms with E-state index in [1.54, 1.807) is 7.05 Å². The molecule has 1 aromatic carbocycles. The fraction of sp³-hybridized carbons (Fsp3) is 0.385. The van der Waals surface area contributed by atoms with E-state index in [4.69, 9.17) is 0 Å². The maximum atomic E-state index is 12.1. The minimum atomic E-state index is -0.188. The highest BCUT2D eigenvalue weighted by molar-refractivity contribution is 6.06. The number of nitrogens with zero attached hydrogens (tertiary/aromatic N) is 1. The Morgan fingerprint density at radius 2 is 1.47 bits per heavy atom. The van der Waals surface area contributed by atoms with E-state index in [1.807, 2.05) is 12.1 Å². The zero-order valence-corrected chi connectivity index (χ0v) is 9.38. The molecule has 0 spiro atoms. The van der Waals surface area contributed by atoms with Gasteiger partial charge in [0.1, 0.15) is 0 Å². The van der Waals surface area contributed by atoms with E-state index in [0.29, 0.717) is 0 Å². The zero-order valence-electron chi connectivity index (χ0n) is 9.38. The van der Waals surface area contributed by atoms with E-state index in [0.717, 1.165) is 0 Å². The van der Waals surface area contributed by atoms with Crippen LogP contribution < -0.4 is 5.32 Å². The van der Waals surface area contributed by atoms with E-state index in [1.165, 1.54) is 16.0 Å². The third-order valence-corrected chi connectivity index (χ3v) is 4.36. The maximum Gasteiger partial charge on any atom is 0.234 e. The lowest BCUT2D eigenvalue weighted by Crippen LogP contribution is -2.31. The molecule has 4 nitrogen and oxygen atoms in total. The van der Waals surface area contributed by atoms with Crippen molar-refractivity contribution in [2.45, 2.75) is 12.1 Å². The highest BCUT2D eigenvalue weighted by atomic mass is 16.2. The number of nitrogens with one attached hydrogen (secondary N) is 1. The van der Waals surface area contributed by atoms with Crippen LogP contribution in [0.4, 0.5) is 0 Å². The molecule has 4 heteroatoms. The van der Waals surface area contributed by atoms with Crippen molar-refractivity contribution in [2.24, 2.45) is 11.8 Å². The molecule has 0 saturated carbocycles. The smallest absolute Gasteiger partial charge is 0.234 e. The maximum absolute atomic E-state index is 12.1. The van der Waals surface area contributed by atoms with Crippen LogP contribution >= 0.6 is 0 Å². The van der Waals surface area contributed by atoms with Crippen LogP contribution in [0.1, 0.15) is 23.2 Å². The average Bonchev–Trinajstić information content (AvgIpc) is 2.97. The van der Waals surface area contributed by atoms with Crippen molar-refractivity contribution >= 4 is 11.8 Å². The van der Waals surface area contributed by atoms with Crippen LogP contribution in [0.5, 0.6) is 0 Å².